The molecule has 0 unspecified atom stereocenters. The monoisotopic (exact) mass is 470 g/mol. The number of amides is 3. The third-order valence-electron chi connectivity index (χ3n) is 4.89. The number of imide groups is 1. The van der Waals surface area contributed by atoms with E-state index in [0.717, 1.165) is 11.8 Å². The summed E-state index contributed by atoms with van der Waals surface area (Å²) in [6, 6.07) is 8.66. The summed E-state index contributed by atoms with van der Waals surface area (Å²) in [7, 11) is 0. The normalized spacial score (nSPS) is 17.7. The number of hydrogen-bond acceptors (Lipinski definition) is 9. The predicted octanol–water partition coefficient (Wildman–Crippen LogP) is 3.59. The molecule has 1 N–H and O–H groups in total. The minimum atomic E-state index is -0.415. The van der Waals surface area contributed by atoms with E-state index in [2.05, 4.69) is 15.3 Å². The van der Waals surface area contributed by atoms with E-state index in [1.54, 1.807) is 48.2 Å². The molecule has 4 rings (SSSR count). The molecule has 2 fully saturated rings. The maximum absolute atomic E-state index is 11.8. The van der Waals surface area contributed by atoms with Crippen LogP contribution in [0.3, 0.4) is 0 Å². The van der Waals surface area contributed by atoms with Crippen molar-refractivity contribution in [1.82, 2.24) is 20.2 Å². The minimum Gasteiger partial charge on any atom is -0.474 e. The highest BCUT2D eigenvalue weighted by Crippen LogP contribution is 2.28. The lowest BCUT2D eigenvalue weighted by molar-refractivity contribution is -0.115. The number of rotatable bonds is 6. The number of aromatic nitrogens is 2. The van der Waals surface area contributed by atoms with E-state index in [1.807, 2.05) is 0 Å². The van der Waals surface area contributed by atoms with Crippen LogP contribution in [-0.4, -0.2) is 57.9 Å². The van der Waals surface area contributed by atoms with E-state index >= 15 is 0 Å². The molecule has 11 heteroatoms. The van der Waals surface area contributed by atoms with Crippen LogP contribution in [0.25, 0.3) is 6.08 Å². The number of thioether (sulfide) groups is 1. The molecule has 1 aromatic heterocycles. The molecule has 3 amide bonds. The van der Waals surface area contributed by atoms with Gasteiger partial charge in [0.15, 0.2) is 0 Å². The molecule has 0 bridgehead atoms. The number of hydrogen-bond donors (Lipinski definition) is 1. The van der Waals surface area contributed by atoms with E-state index in [4.69, 9.17) is 14.2 Å². The van der Waals surface area contributed by atoms with Gasteiger partial charge in [0.25, 0.3) is 11.1 Å². The van der Waals surface area contributed by atoms with Crippen molar-refractivity contribution in [2.45, 2.75) is 25.9 Å². The van der Waals surface area contributed by atoms with Gasteiger partial charge < -0.3 is 19.1 Å². The molecule has 33 heavy (non-hydrogen) atoms. The molecular formula is C22H22N4O6S. The molecule has 0 atom stereocenters. The van der Waals surface area contributed by atoms with Crippen molar-refractivity contribution >= 4 is 35.1 Å². The van der Waals surface area contributed by atoms with Gasteiger partial charge >= 0.3 is 6.09 Å². The molecule has 2 aliphatic rings. The second-order valence-corrected chi connectivity index (χ2v) is 8.24. The van der Waals surface area contributed by atoms with E-state index < -0.39 is 11.1 Å². The maximum atomic E-state index is 11.8. The lowest BCUT2D eigenvalue weighted by Crippen LogP contribution is -2.42. The Labute approximate surface area is 194 Å². The Morgan fingerprint density at radius 2 is 2.00 bits per heavy atom. The van der Waals surface area contributed by atoms with Crippen LogP contribution in [0.2, 0.25) is 0 Å². The summed E-state index contributed by atoms with van der Waals surface area (Å²) in [6.07, 6.45) is 3.94. The molecule has 2 aliphatic heterocycles. The zero-order valence-electron chi connectivity index (χ0n) is 17.9. The summed E-state index contributed by atoms with van der Waals surface area (Å²) in [4.78, 5) is 45.2. The predicted molar refractivity (Wildman–Crippen MR) is 120 cm³/mol. The highest BCUT2D eigenvalue weighted by atomic mass is 32.2. The van der Waals surface area contributed by atoms with Crippen LogP contribution in [0.4, 0.5) is 9.59 Å². The zero-order chi connectivity index (χ0) is 23.2. The second kappa shape index (κ2) is 10.3. The molecule has 3 heterocycles. The Bertz CT molecular complexity index is 1080. The fourth-order valence-electron chi connectivity index (χ4n) is 3.35. The molecule has 10 nitrogen and oxygen atoms in total. The van der Waals surface area contributed by atoms with Crippen molar-refractivity contribution in [3.05, 3.63) is 47.1 Å². The van der Waals surface area contributed by atoms with Crippen LogP contribution < -0.4 is 14.8 Å². The third kappa shape index (κ3) is 6.01. The van der Waals surface area contributed by atoms with Crippen LogP contribution in [0.1, 0.15) is 25.3 Å². The smallest absolute Gasteiger partial charge is 0.409 e. The van der Waals surface area contributed by atoms with Crippen LogP contribution in [-0.2, 0) is 9.53 Å². The summed E-state index contributed by atoms with van der Waals surface area (Å²) in [6.45, 7) is 3.25. The van der Waals surface area contributed by atoms with Gasteiger partial charge in [0.1, 0.15) is 18.2 Å². The Balaban J connectivity index is 1.36. The largest absolute Gasteiger partial charge is 0.474 e. The SMILES string of the molecule is CCOC(=O)N1CCC(Oc2cc(Oc3cccc(C=C4SC(=O)NC4=O)c3)ncn2)CC1. The fourth-order valence-corrected chi connectivity index (χ4v) is 4.03. The fraction of sp³-hybridized carbons (Fsp3) is 0.318. The molecule has 1 aromatic carbocycles. The van der Waals surface area contributed by atoms with Gasteiger partial charge in [-0.2, -0.15) is 0 Å². The van der Waals surface area contributed by atoms with Crippen LogP contribution in [0.15, 0.2) is 41.6 Å². The first-order valence-electron chi connectivity index (χ1n) is 10.4. The van der Waals surface area contributed by atoms with Crippen molar-refractivity contribution < 1.29 is 28.6 Å². The maximum Gasteiger partial charge on any atom is 0.409 e. The lowest BCUT2D eigenvalue weighted by atomic mass is 10.1. The molecule has 0 aliphatic carbocycles. The number of benzene rings is 1. The summed E-state index contributed by atoms with van der Waals surface area (Å²) in [5.41, 5.74) is 0.707. The summed E-state index contributed by atoms with van der Waals surface area (Å²) < 4.78 is 16.8. The Morgan fingerprint density at radius 3 is 2.73 bits per heavy atom. The van der Waals surface area contributed by atoms with Gasteiger partial charge in [-0.3, -0.25) is 14.9 Å². The zero-order valence-corrected chi connectivity index (χ0v) is 18.7. The van der Waals surface area contributed by atoms with Crippen molar-refractivity contribution in [1.29, 1.82) is 0 Å². The molecular weight excluding hydrogens is 448 g/mol. The first-order chi connectivity index (χ1) is 16.0. The topological polar surface area (TPSA) is 120 Å². The minimum absolute atomic E-state index is 0.0776. The number of nitrogens with one attached hydrogen (secondary N) is 1. The molecule has 0 radical (unpaired) electrons. The Kier molecular flexibility index (Phi) is 7.08. The van der Waals surface area contributed by atoms with E-state index in [0.29, 0.717) is 60.5 Å². The third-order valence-corrected chi connectivity index (χ3v) is 5.70. The second-order valence-electron chi connectivity index (χ2n) is 7.22. The number of ether oxygens (including phenoxy) is 3. The van der Waals surface area contributed by atoms with Gasteiger partial charge in [-0.1, -0.05) is 12.1 Å². The number of carbonyl (C=O) groups excluding carboxylic acids is 3. The van der Waals surface area contributed by atoms with Crippen molar-refractivity contribution in [2.75, 3.05) is 19.7 Å². The van der Waals surface area contributed by atoms with E-state index in [1.165, 1.54) is 6.33 Å². The van der Waals surface area contributed by atoms with Gasteiger partial charge in [-0.25, -0.2) is 14.8 Å². The lowest BCUT2D eigenvalue weighted by Gasteiger charge is -2.31. The highest BCUT2D eigenvalue weighted by Gasteiger charge is 2.26. The van der Waals surface area contributed by atoms with Gasteiger partial charge in [0, 0.05) is 25.9 Å². The van der Waals surface area contributed by atoms with Crippen LogP contribution >= 0.6 is 11.8 Å². The van der Waals surface area contributed by atoms with Gasteiger partial charge in [0.2, 0.25) is 11.8 Å². The Morgan fingerprint density at radius 1 is 1.21 bits per heavy atom. The highest BCUT2D eigenvalue weighted by molar-refractivity contribution is 8.18. The average molecular weight is 471 g/mol. The summed E-state index contributed by atoms with van der Waals surface area (Å²) in [5.74, 6) is 0.774. The standard InChI is InChI=1S/C22H22N4O6S/c1-2-30-22(29)26-8-6-15(7-9-26)31-18-12-19(24-13-23-18)32-16-5-3-4-14(10-16)11-17-20(27)25-21(28)33-17/h3-5,10-13,15H,2,6-9H2,1H3,(H,25,27,28). The first-order valence-corrected chi connectivity index (χ1v) is 11.2. The average Bonchev–Trinajstić information content (AvgIpc) is 3.11. The molecule has 2 aromatic rings. The molecule has 172 valence electrons. The number of piperidine rings is 1. The van der Waals surface area contributed by atoms with Gasteiger partial charge in [-0.05, 0) is 42.5 Å². The Hall–Kier alpha value is -3.60. The van der Waals surface area contributed by atoms with E-state index in [-0.39, 0.29) is 12.2 Å². The van der Waals surface area contributed by atoms with E-state index in [9.17, 15) is 14.4 Å². The van der Waals surface area contributed by atoms with Gasteiger partial charge in [0.05, 0.1) is 17.6 Å². The van der Waals surface area contributed by atoms with Gasteiger partial charge in [-0.15, -0.1) is 0 Å². The quantitative estimate of drug-likeness (QED) is 0.631. The molecule has 0 saturated carbocycles. The first kappa shape index (κ1) is 22.6. The molecule has 2 saturated heterocycles. The van der Waals surface area contributed by atoms with Crippen molar-refractivity contribution in [2.24, 2.45) is 0 Å². The van der Waals surface area contributed by atoms with Crippen LogP contribution in [0.5, 0.6) is 17.5 Å². The number of carbonyl (C=O) groups is 3. The summed E-state index contributed by atoms with van der Waals surface area (Å²) in [5, 5.41) is 1.83. The summed E-state index contributed by atoms with van der Waals surface area (Å²) >= 11 is 0.856. The number of likely N-dealkylation sites (tertiary alicyclic amines) is 1. The number of nitrogens with zero attached hydrogens (tertiary/aromatic N) is 3. The van der Waals surface area contributed by atoms with Crippen LogP contribution in [0, 0.1) is 0 Å². The van der Waals surface area contributed by atoms with Crippen molar-refractivity contribution in [3.8, 4) is 17.5 Å². The molecule has 0 spiro atoms. The van der Waals surface area contributed by atoms with Crippen molar-refractivity contribution in [3.63, 3.8) is 0 Å².